The van der Waals surface area contributed by atoms with E-state index in [0.29, 0.717) is 11.6 Å². The van der Waals surface area contributed by atoms with Gasteiger partial charge in [0.25, 0.3) is 0 Å². The summed E-state index contributed by atoms with van der Waals surface area (Å²) in [4.78, 5) is 2.20. The molecule has 6 heteroatoms. The Kier molecular flexibility index (Phi) is 6.48. The average molecular weight is 480 g/mol. The quantitative estimate of drug-likeness (QED) is 0.426. The van der Waals surface area contributed by atoms with Crippen molar-refractivity contribution in [2.45, 2.75) is 13.0 Å². The van der Waals surface area contributed by atoms with Crippen molar-refractivity contribution in [3.63, 3.8) is 0 Å². The van der Waals surface area contributed by atoms with Gasteiger partial charge in [-0.3, -0.25) is 9.29 Å². The summed E-state index contributed by atoms with van der Waals surface area (Å²) >= 11 is 6.13. The number of ether oxygens (including phenoxy) is 2. The Morgan fingerprint density at radius 3 is 2.50 bits per heavy atom. The van der Waals surface area contributed by atoms with E-state index >= 15 is 0 Å². The van der Waals surface area contributed by atoms with Crippen molar-refractivity contribution in [1.82, 2.24) is 4.90 Å². The molecule has 0 saturated carbocycles. The van der Waals surface area contributed by atoms with Gasteiger partial charge in [0.15, 0.2) is 0 Å². The van der Waals surface area contributed by atoms with Crippen LogP contribution in [0.25, 0.3) is 11.1 Å². The fourth-order valence-electron chi connectivity index (χ4n) is 4.66. The van der Waals surface area contributed by atoms with E-state index in [1.54, 1.807) is 18.2 Å². The van der Waals surface area contributed by atoms with Gasteiger partial charge in [0.2, 0.25) is 0 Å². The van der Waals surface area contributed by atoms with Crippen molar-refractivity contribution in [2.24, 2.45) is 5.92 Å². The average Bonchev–Trinajstić information content (AvgIpc) is 2.82. The fourth-order valence-corrected chi connectivity index (χ4v) is 4.79. The maximum absolute atomic E-state index is 12.6. The number of benzene rings is 3. The minimum Gasteiger partial charge on any atom is -0.508 e. The van der Waals surface area contributed by atoms with Crippen LogP contribution in [0, 0.1) is 5.92 Å². The first-order chi connectivity index (χ1) is 16.5. The number of halogens is 2. The molecule has 2 heterocycles. The number of rotatable bonds is 7. The maximum Gasteiger partial charge on any atom is 0.150 e. The molecule has 1 N–H and O–H groups in total. The molecule has 34 heavy (non-hydrogen) atoms. The molecule has 1 saturated heterocycles. The predicted molar refractivity (Wildman–Crippen MR) is 133 cm³/mol. The van der Waals surface area contributed by atoms with Crippen LogP contribution in [-0.2, 0) is 0 Å². The van der Waals surface area contributed by atoms with Crippen LogP contribution in [0.5, 0.6) is 17.2 Å². The summed E-state index contributed by atoms with van der Waals surface area (Å²) in [6, 6.07) is 20.9. The SMILES string of the molecule is CC1=C(c2ccc(Cl)cc2)[C@H](c2ccc(OCCN3CC(CF)C3)cc2)Oc2ccc(O)cc21. The molecule has 2 aliphatic heterocycles. The van der Waals surface area contributed by atoms with Crippen LogP contribution in [0.1, 0.15) is 29.7 Å². The van der Waals surface area contributed by atoms with Gasteiger partial charge in [-0.05, 0) is 66.1 Å². The van der Waals surface area contributed by atoms with Crippen molar-refractivity contribution >= 4 is 22.7 Å². The third-order valence-corrected chi connectivity index (χ3v) is 6.80. The van der Waals surface area contributed by atoms with E-state index in [1.165, 1.54) is 0 Å². The van der Waals surface area contributed by atoms with E-state index in [0.717, 1.165) is 59.0 Å². The van der Waals surface area contributed by atoms with Gasteiger partial charge in [0, 0.05) is 41.7 Å². The predicted octanol–water partition coefficient (Wildman–Crippen LogP) is 6.39. The van der Waals surface area contributed by atoms with E-state index < -0.39 is 0 Å². The highest BCUT2D eigenvalue weighted by molar-refractivity contribution is 6.30. The minimum atomic E-state index is -0.314. The van der Waals surface area contributed by atoms with E-state index in [2.05, 4.69) is 11.8 Å². The molecule has 176 valence electrons. The number of likely N-dealkylation sites (tertiary alicyclic amines) is 1. The van der Waals surface area contributed by atoms with E-state index in [9.17, 15) is 9.50 Å². The molecule has 0 spiro atoms. The number of phenols is 1. The van der Waals surface area contributed by atoms with Gasteiger partial charge < -0.3 is 14.6 Å². The molecule has 3 aromatic rings. The number of alkyl halides is 1. The number of allylic oxidation sites excluding steroid dienone is 1. The molecule has 0 radical (unpaired) electrons. The first kappa shape index (κ1) is 22.8. The Balaban J connectivity index is 1.37. The smallest absolute Gasteiger partial charge is 0.150 e. The third kappa shape index (κ3) is 4.63. The summed E-state index contributed by atoms with van der Waals surface area (Å²) in [6.45, 7) is 4.82. The Labute approximate surface area is 204 Å². The van der Waals surface area contributed by atoms with Crippen LogP contribution in [0.2, 0.25) is 5.02 Å². The zero-order valence-corrected chi connectivity index (χ0v) is 19.8. The van der Waals surface area contributed by atoms with Gasteiger partial charge >= 0.3 is 0 Å². The highest BCUT2D eigenvalue weighted by Crippen LogP contribution is 2.47. The van der Waals surface area contributed by atoms with Crippen molar-refractivity contribution in [2.75, 3.05) is 32.9 Å². The molecule has 0 unspecified atom stereocenters. The Morgan fingerprint density at radius 1 is 1.06 bits per heavy atom. The van der Waals surface area contributed by atoms with Crippen molar-refractivity contribution in [3.05, 3.63) is 88.4 Å². The lowest BCUT2D eigenvalue weighted by Gasteiger charge is -2.37. The summed E-state index contributed by atoms with van der Waals surface area (Å²) in [5, 5.41) is 10.7. The van der Waals surface area contributed by atoms with Crippen LogP contribution in [0.4, 0.5) is 4.39 Å². The molecule has 0 aliphatic carbocycles. The standard InChI is InChI=1S/C28H27ClFNO3/c1-18-25-14-23(32)8-11-26(25)34-28(27(18)20-2-6-22(29)7-3-20)21-4-9-24(10-5-21)33-13-12-31-16-19(15-30)17-31/h2-11,14,19,28,32H,12-13,15-17H2,1H3/t28-/m0/s1. The maximum atomic E-state index is 12.6. The summed E-state index contributed by atoms with van der Waals surface area (Å²) in [7, 11) is 0. The normalized spacial score (nSPS) is 18.3. The zero-order chi connectivity index (χ0) is 23.7. The number of aromatic hydroxyl groups is 1. The molecule has 3 aromatic carbocycles. The van der Waals surface area contributed by atoms with Gasteiger partial charge in [-0.1, -0.05) is 35.9 Å². The van der Waals surface area contributed by atoms with Gasteiger partial charge in [0.05, 0.1) is 6.67 Å². The van der Waals surface area contributed by atoms with Gasteiger partial charge in [0.1, 0.15) is 30.0 Å². The zero-order valence-electron chi connectivity index (χ0n) is 19.0. The van der Waals surface area contributed by atoms with Gasteiger partial charge in [-0.2, -0.15) is 0 Å². The van der Waals surface area contributed by atoms with Gasteiger partial charge in [-0.25, -0.2) is 0 Å². The van der Waals surface area contributed by atoms with Crippen LogP contribution < -0.4 is 9.47 Å². The number of fused-ring (bicyclic) bond motifs is 1. The molecule has 1 atom stereocenters. The molecule has 5 rings (SSSR count). The number of phenolic OH excluding ortho intramolecular Hbond substituents is 1. The van der Waals surface area contributed by atoms with Crippen LogP contribution >= 0.6 is 11.6 Å². The summed E-state index contributed by atoms with van der Waals surface area (Å²) in [5.74, 6) is 1.92. The first-order valence-corrected chi connectivity index (χ1v) is 11.9. The van der Waals surface area contributed by atoms with E-state index in [-0.39, 0.29) is 24.4 Å². The molecule has 0 aromatic heterocycles. The fraction of sp³-hybridized carbons (Fsp3) is 0.286. The number of hydrogen-bond acceptors (Lipinski definition) is 4. The number of nitrogens with zero attached hydrogens (tertiary/aromatic N) is 1. The lowest BCUT2D eigenvalue weighted by atomic mass is 9.86. The summed E-state index contributed by atoms with van der Waals surface area (Å²) in [6.07, 6.45) is -0.314. The monoisotopic (exact) mass is 479 g/mol. The van der Waals surface area contributed by atoms with E-state index in [1.807, 2.05) is 48.5 Å². The largest absolute Gasteiger partial charge is 0.508 e. The second-order valence-electron chi connectivity index (χ2n) is 8.92. The Hall–Kier alpha value is -3.02. The van der Waals surface area contributed by atoms with Crippen molar-refractivity contribution < 1.29 is 19.0 Å². The second-order valence-corrected chi connectivity index (χ2v) is 9.36. The van der Waals surface area contributed by atoms with Crippen molar-refractivity contribution in [3.8, 4) is 17.2 Å². The summed E-state index contributed by atoms with van der Waals surface area (Å²) < 4.78 is 24.9. The summed E-state index contributed by atoms with van der Waals surface area (Å²) in [5.41, 5.74) is 4.97. The Bertz CT molecular complexity index is 1190. The minimum absolute atomic E-state index is 0.190. The highest BCUT2D eigenvalue weighted by Gasteiger charge is 2.30. The Morgan fingerprint density at radius 2 is 1.79 bits per heavy atom. The molecular weight excluding hydrogens is 453 g/mol. The molecule has 0 bridgehead atoms. The van der Waals surface area contributed by atoms with Crippen LogP contribution in [0.15, 0.2) is 66.7 Å². The topological polar surface area (TPSA) is 41.9 Å². The van der Waals surface area contributed by atoms with Crippen molar-refractivity contribution in [1.29, 1.82) is 0 Å². The molecule has 4 nitrogen and oxygen atoms in total. The lowest BCUT2D eigenvalue weighted by Crippen LogP contribution is -2.49. The van der Waals surface area contributed by atoms with E-state index in [4.69, 9.17) is 21.1 Å². The molecule has 2 aliphatic rings. The third-order valence-electron chi connectivity index (χ3n) is 6.54. The highest BCUT2D eigenvalue weighted by atomic mass is 35.5. The first-order valence-electron chi connectivity index (χ1n) is 11.5. The number of hydrogen-bond donors (Lipinski definition) is 1. The lowest BCUT2D eigenvalue weighted by molar-refractivity contribution is 0.0668. The molecule has 1 fully saturated rings. The second kappa shape index (κ2) is 9.69. The van der Waals surface area contributed by atoms with Crippen LogP contribution in [0.3, 0.4) is 0 Å². The molecule has 0 amide bonds. The van der Waals surface area contributed by atoms with Crippen LogP contribution in [-0.4, -0.2) is 42.9 Å². The van der Waals surface area contributed by atoms with Gasteiger partial charge in [-0.15, -0.1) is 0 Å². The molecular formula is C28H27ClFNO3.